The number of carbonyl (C=O) groups excluding carboxylic acids is 2. The largest absolute Gasteiger partial charge is 0.294 e. The average molecular weight is 284 g/mol. The van der Waals surface area contributed by atoms with Crippen LogP contribution in [-0.4, -0.2) is 16.8 Å². The molecule has 0 aliphatic heterocycles. The van der Waals surface area contributed by atoms with Gasteiger partial charge in [-0.2, -0.15) is 12.6 Å². The SMILES string of the molecule is O=C(CC(S)CC(=O)c1ccccc1)c1ccccc1. The van der Waals surface area contributed by atoms with Crippen LogP contribution in [0.4, 0.5) is 0 Å². The summed E-state index contributed by atoms with van der Waals surface area (Å²) in [5, 5.41) is -0.254. The van der Waals surface area contributed by atoms with Crippen molar-refractivity contribution in [2.24, 2.45) is 0 Å². The molecule has 0 saturated heterocycles. The Bertz CT molecular complexity index is 525. The smallest absolute Gasteiger partial charge is 0.163 e. The van der Waals surface area contributed by atoms with E-state index in [4.69, 9.17) is 0 Å². The van der Waals surface area contributed by atoms with Gasteiger partial charge in [-0.1, -0.05) is 60.7 Å². The van der Waals surface area contributed by atoms with Gasteiger partial charge in [0, 0.05) is 29.2 Å². The van der Waals surface area contributed by atoms with Crippen molar-refractivity contribution in [1.29, 1.82) is 0 Å². The van der Waals surface area contributed by atoms with Crippen LogP contribution in [0.3, 0.4) is 0 Å². The summed E-state index contributed by atoms with van der Waals surface area (Å²) < 4.78 is 0. The zero-order valence-electron chi connectivity index (χ0n) is 11.0. The van der Waals surface area contributed by atoms with E-state index in [0.717, 1.165) is 0 Å². The summed E-state index contributed by atoms with van der Waals surface area (Å²) in [5.41, 5.74) is 1.33. The van der Waals surface area contributed by atoms with Gasteiger partial charge in [0.05, 0.1) is 0 Å². The highest BCUT2D eigenvalue weighted by atomic mass is 32.1. The fourth-order valence-corrected chi connectivity index (χ4v) is 2.32. The zero-order chi connectivity index (χ0) is 14.4. The standard InChI is InChI=1S/C17H16O2S/c18-16(13-7-3-1-4-8-13)11-15(20)12-17(19)14-9-5-2-6-10-14/h1-10,15,20H,11-12H2. The van der Waals surface area contributed by atoms with Crippen LogP contribution in [0, 0.1) is 0 Å². The molecule has 2 rings (SSSR count). The van der Waals surface area contributed by atoms with Crippen molar-refractivity contribution in [1.82, 2.24) is 0 Å². The van der Waals surface area contributed by atoms with E-state index in [9.17, 15) is 9.59 Å². The van der Waals surface area contributed by atoms with Gasteiger partial charge in [-0.05, 0) is 0 Å². The van der Waals surface area contributed by atoms with Gasteiger partial charge in [-0.15, -0.1) is 0 Å². The predicted octanol–water partition coefficient (Wildman–Crippen LogP) is 3.83. The number of carbonyl (C=O) groups is 2. The first kappa shape index (κ1) is 14.5. The van der Waals surface area contributed by atoms with Crippen molar-refractivity contribution < 1.29 is 9.59 Å². The average Bonchev–Trinajstić information content (AvgIpc) is 2.49. The quantitative estimate of drug-likeness (QED) is 0.646. The molecule has 0 aromatic heterocycles. The Labute approximate surface area is 124 Å². The van der Waals surface area contributed by atoms with Crippen molar-refractivity contribution in [2.45, 2.75) is 18.1 Å². The summed E-state index contributed by atoms with van der Waals surface area (Å²) in [6.45, 7) is 0. The van der Waals surface area contributed by atoms with E-state index in [-0.39, 0.29) is 29.7 Å². The fraction of sp³-hybridized carbons (Fsp3) is 0.176. The molecule has 102 valence electrons. The maximum Gasteiger partial charge on any atom is 0.163 e. The second-order valence-corrected chi connectivity index (χ2v) is 5.37. The van der Waals surface area contributed by atoms with Crippen LogP contribution in [0.15, 0.2) is 60.7 Å². The number of rotatable bonds is 6. The maximum atomic E-state index is 12.0. The highest BCUT2D eigenvalue weighted by molar-refractivity contribution is 7.81. The number of hydrogen-bond donors (Lipinski definition) is 1. The Morgan fingerprint density at radius 1 is 0.750 bits per heavy atom. The summed E-state index contributed by atoms with van der Waals surface area (Å²) in [7, 11) is 0. The van der Waals surface area contributed by atoms with Crippen LogP contribution in [0.1, 0.15) is 33.6 Å². The molecule has 0 heterocycles. The van der Waals surface area contributed by atoms with Crippen molar-refractivity contribution in [3.05, 3.63) is 71.8 Å². The first-order valence-corrected chi connectivity index (χ1v) is 7.03. The van der Waals surface area contributed by atoms with Crippen LogP contribution < -0.4 is 0 Å². The van der Waals surface area contributed by atoms with Crippen LogP contribution in [0.5, 0.6) is 0 Å². The van der Waals surface area contributed by atoms with E-state index in [1.54, 1.807) is 24.3 Å². The molecule has 2 aromatic rings. The topological polar surface area (TPSA) is 34.1 Å². The number of hydrogen-bond acceptors (Lipinski definition) is 3. The Morgan fingerprint density at radius 2 is 1.10 bits per heavy atom. The maximum absolute atomic E-state index is 12.0. The van der Waals surface area contributed by atoms with Crippen LogP contribution in [-0.2, 0) is 0 Å². The second-order valence-electron chi connectivity index (χ2n) is 4.64. The third-order valence-corrected chi connectivity index (χ3v) is 3.40. The van der Waals surface area contributed by atoms with E-state index in [0.29, 0.717) is 11.1 Å². The summed E-state index contributed by atoms with van der Waals surface area (Å²) in [5.74, 6) is 0.0397. The zero-order valence-corrected chi connectivity index (χ0v) is 11.9. The molecule has 20 heavy (non-hydrogen) atoms. The fourth-order valence-electron chi connectivity index (χ4n) is 1.98. The second kappa shape index (κ2) is 7.06. The van der Waals surface area contributed by atoms with Gasteiger partial charge in [0.25, 0.3) is 0 Å². The van der Waals surface area contributed by atoms with E-state index >= 15 is 0 Å². The molecule has 0 bridgehead atoms. The monoisotopic (exact) mass is 284 g/mol. The van der Waals surface area contributed by atoms with E-state index in [1.165, 1.54) is 0 Å². The summed E-state index contributed by atoms with van der Waals surface area (Å²) in [6.07, 6.45) is 0.539. The minimum atomic E-state index is -0.254. The van der Waals surface area contributed by atoms with E-state index < -0.39 is 0 Å². The third-order valence-electron chi connectivity index (χ3n) is 3.03. The predicted molar refractivity (Wildman–Crippen MR) is 83.6 cm³/mol. The van der Waals surface area contributed by atoms with Crippen molar-refractivity contribution in [3.63, 3.8) is 0 Å². The lowest BCUT2D eigenvalue weighted by Crippen LogP contribution is -2.13. The molecule has 0 N–H and O–H groups in total. The Balaban J connectivity index is 1.91. The van der Waals surface area contributed by atoms with Gasteiger partial charge in [0.15, 0.2) is 11.6 Å². The van der Waals surface area contributed by atoms with Gasteiger partial charge >= 0.3 is 0 Å². The molecule has 2 nitrogen and oxygen atoms in total. The third kappa shape index (κ3) is 4.07. The normalized spacial score (nSPS) is 10.5. The Kier molecular flexibility index (Phi) is 5.13. The number of ketones is 2. The van der Waals surface area contributed by atoms with Crippen molar-refractivity contribution in [2.75, 3.05) is 0 Å². The summed E-state index contributed by atoms with van der Waals surface area (Å²) >= 11 is 4.37. The number of Topliss-reactive ketones (excluding diaryl/α,β-unsaturated/α-hetero) is 2. The van der Waals surface area contributed by atoms with Gasteiger partial charge in [-0.25, -0.2) is 0 Å². The lowest BCUT2D eigenvalue weighted by atomic mass is 10.0. The van der Waals surface area contributed by atoms with Crippen LogP contribution in [0.2, 0.25) is 0 Å². The van der Waals surface area contributed by atoms with E-state index in [2.05, 4.69) is 12.6 Å². The van der Waals surface area contributed by atoms with Gasteiger partial charge in [0.1, 0.15) is 0 Å². The van der Waals surface area contributed by atoms with Crippen molar-refractivity contribution in [3.8, 4) is 0 Å². The first-order chi connectivity index (χ1) is 9.66. The molecule has 0 atom stereocenters. The molecule has 2 aromatic carbocycles. The number of thiol groups is 1. The molecular formula is C17H16O2S. The van der Waals surface area contributed by atoms with Crippen LogP contribution >= 0.6 is 12.6 Å². The summed E-state index contributed by atoms with van der Waals surface area (Å²) in [4.78, 5) is 24.0. The molecule has 0 saturated carbocycles. The molecule has 3 heteroatoms. The van der Waals surface area contributed by atoms with Crippen LogP contribution in [0.25, 0.3) is 0 Å². The Hall–Kier alpha value is -1.87. The molecule has 0 amide bonds. The van der Waals surface area contributed by atoms with E-state index in [1.807, 2.05) is 36.4 Å². The minimum Gasteiger partial charge on any atom is -0.294 e. The molecule has 0 radical (unpaired) electrons. The highest BCUT2D eigenvalue weighted by Gasteiger charge is 2.16. The van der Waals surface area contributed by atoms with Gasteiger partial charge in [-0.3, -0.25) is 9.59 Å². The van der Waals surface area contributed by atoms with Gasteiger partial charge in [0.2, 0.25) is 0 Å². The minimum absolute atomic E-state index is 0.0199. The summed E-state index contributed by atoms with van der Waals surface area (Å²) in [6, 6.07) is 18.2. The molecule has 0 fully saturated rings. The van der Waals surface area contributed by atoms with Crippen molar-refractivity contribution >= 4 is 24.2 Å². The Morgan fingerprint density at radius 3 is 1.45 bits per heavy atom. The molecule has 0 aliphatic rings. The molecular weight excluding hydrogens is 268 g/mol. The lowest BCUT2D eigenvalue weighted by molar-refractivity contribution is 0.0961. The molecule has 0 unspecified atom stereocenters. The highest BCUT2D eigenvalue weighted by Crippen LogP contribution is 2.15. The number of benzene rings is 2. The lowest BCUT2D eigenvalue weighted by Gasteiger charge is -2.09. The van der Waals surface area contributed by atoms with Gasteiger partial charge < -0.3 is 0 Å². The first-order valence-electron chi connectivity index (χ1n) is 6.51. The molecule has 0 spiro atoms. The molecule has 0 aliphatic carbocycles.